The number of hydrogen-bond donors (Lipinski definition) is 0. The number of rotatable bonds is 5. The average Bonchev–Trinajstić information content (AvgIpc) is 2.72. The number of carbonyl (C=O) groups excluding carboxylic acids is 1. The molecule has 1 aliphatic rings. The molecule has 0 atom stereocenters. The number of nitrogens with zero attached hydrogens (tertiary/aromatic N) is 2. The van der Waals surface area contributed by atoms with Crippen molar-refractivity contribution < 1.29 is 4.79 Å². The molecule has 1 amide bonds. The molecule has 0 N–H and O–H groups in total. The Morgan fingerprint density at radius 3 is 2.32 bits per heavy atom. The highest BCUT2D eigenvalue weighted by Gasteiger charge is 2.23. The molecule has 0 aliphatic carbocycles. The van der Waals surface area contributed by atoms with E-state index in [-0.39, 0.29) is 5.91 Å². The summed E-state index contributed by atoms with van der Waals surface area (Å²) in [6.07, 6.45) is 5.79. The van der Waals surface area contributed by atoms with E-state index in [0.29, 0.717) is 11.8 Å². The third-order valence-electron chi connectivity index (χ3n) is 5.48. The number of amides is 1. The van der Waals surface area contributed by atoms with Crippen LogP contribution in [0, 0.1) is 5.92 Å². The van der Waals surface area contributed by atoms with Crippen molar-refractivity contribution in [3.8, 4) is 11.1 Å². The first-order valence-electron chi connectivity index (χ1n) is 10.3. The van der Waals surface area contributed by atoms with Crippen molar-refractivity contribution in [1.82, 2.24) is 4.90 Å². The molecule has 1 saturated heterocycles. The first kappa shape index (κ1) is 20.2. The van der Waals surface area contributed by atoms with Crippen LogP contribution in [0.15, 0.2) is 60.7 Å². The quantitative estimate of drug-likeness (QED) is 0.658. The summed E-state index contributed by atoms with van der Waals surface area (Å²) in [4.78, 5) is 16.4. The molecule has 0 bridgehead atoms. The lowest BCUT2D eigenvalue weighted by Crippen LogP contribution is -2.36. The smallest absolute Gasteiger partial charge is 0.246 e. The highest BCUT2D eigenvalue weighted by atomic mass is 16.2. The molecule has 3 nitrogen and oxygen atoms in total. The predicted octanol–water partition coefficient (Wildman–Crippen LogP) is 5.34. The minimum atomic E-state index is 0.154. The van der Waals surface area contributed by atoms with Gasteiger partial charge in [0.25, 0.3) is 0 Å². The number of benzene rings is 2. The van der Waals surface area contributed by atoms with Gasteiger partial charge in [-0.3, -0.25) is 4.79 Å². The van der Waals surface area contributed by atoms with Crippen LogP contribution in [0.2, 0.25) is 0 Å². The van der Waals surface area contributed by atoms with Gasteiger partial charge in [0.15, 0.2) is 0 Å². The summed E-state index contributed by atoms with van der Waals surface area (Å²) in [7, 11) is 4.14. The summed E-state index contributed by atoms with van der Waals surface area (Å²) in [6.45, 7) is 5.87. The topological polar surface area (TPSA) is 23.6 Å². The molecule has 2 aromatic rings. The van der Waals surface area contributed by atoms with Crippen molar-refractivity contribution in [2.45, 2.75) is 32.6 Å². The molecule has 1 fully saturated rings. The number of allylic oxidation sites excluding steroid dienone is 1. The number of hydrogen-bond acceptors (Lipinski definition) is 2. The van der Waals surface area contributed by atoms with Gasteiger partial charge < -0.3 is 9.80 Å². The fraction of sp³-hybridized carbons (Fsp3) is 0.400. The molecule has 0 saturated carbocycles. The van der Waals surface area contributed by atoms with E-state index in [1.54, 1.807) is 6.08 Å². The van der Waals surface area contributed by atoms with Gasteiger partial charge in [-0.05, 0) is 59.6 Å². The maximum atomic E-state index is 12.3. The summed E-state index contributed by atoms with van der Waals surface area (Å²) < 4.78 is 0. The van der Waals surface area contributed by atoms with Gasteiger partial charge in [-0.25, -0.2) is 0 Å². The molecule has 28 heavy (non-hydrogen) atoms. The van der Waals surface area contributed by atoms with Gasteiger partial charge in [-0.15, -0.1) is 0 Å². The molecule has 0 aromatic heterocycles. The van der Waals surface area contributed by atoms with E-state index in [4.69, 9.17) is 0 Å². The van der Waals surface area contributed by atoms with E-state index >= 15 is 0 Å². The monoisotopic (exact) mass is 376 g/mol. The van der Waals surface area contributed by atoms with Gasteiger partial charge in [0.05, 0.1) is 0 Å². The van der Waals surface area contributed by atoms with Crippen molar-refractivity contribution >= 4 is 11.6 Å². The van der Waals surface area contributed by atoms with Crippen molar-refractivity contribution in [2.24, 2.45) is 5.92 Å². The van der Waals surface area contributed by atoms with E-state index in [0.717, 1.165) is 25.9 Å². The molecule has 3 heteroatoms. The number of anilines is 1. The zero-order chi connectivity index (χ0) is 20.1. The van der Waals surface area contributed by atoms with Crippen molar-refractivity contribution in [1.29, 1.82) is 0 Å². The Morgan fingerprint density at radius 2 is 1.68 bits per heavy atom. The van der Waals surface area contributed by atoms with Gasteiger partial charge >= 0.3 is 0 Å². The van der Waals surface area contributed by atoms with Crippen LogP contribution in [0.1, 0.15) is 38.2 Å². The van der Waals surface area contributed by atoms with Crippen LogP contribution in [-0.4, -0.2) is 38.0 Å². The zero-order valence-electron chi connectivity index (χ0n) is 17.6. The molecule has 2 aromatic carbocycles. The summed E-state index contributed by atoms with van der Waals surface area (Å²) in [6, 6.07) is 17.6. The maximum absolute atomic E-state index is 12.3. The van der Waals surface area contributed by atoms with Gasteiger partial charge in [-0.1, -0.05) is 56.3 Å². The van der Waals surface area contributed by atoms with Crippen LogP contribution in [-0.2, 0) is 4.79 Å². The lowest BCUT2D eigenvalue weighted by molar-refractivity contribution is -0.127. The first-order valence-corrected chi connectivity index (χ1v) is 10.3. The molecule has 3 rings (SSSR count). The van der Waals surface area contributed by atoms with Crippen LogP contribution < -0.4 is 4.90 Å². The Labute approximate surface area is 169 Å². The van der Waals surface area contributed by atoms with Crippen LogP contribution in [0.25, 0.3) is 11.1 Å². The molecular weight excluding hydrogens is 344 g/mol. The Hall–Kier alpha value is -2.55. The predicted molar refractivity (Wildman–Crippen MR) is 119 cm³/mol. The first-order chi connectivity index (χ1) is 13.4. The van der Waals surface area contributed by atoms with Crippen LogP contribution in [0.5, 0.6) is 0 Å². The Balaban J connectivity index is 1.69. The molecular formula is C25H32N2O. The summed E-state index contributed by atoms with van der Waals surface area (Å²) in [5, 5.41) is 0. The summed E-state index contributed by atoms with van der Waals surface area (Å²) >= 11 is 0. The van der Waals surface area contributed by atoms with E-state index in [9.17, 15) is 4.79 Å². The van der Waals surface area contributed by atoms with E-state index in [2.05, 4.69) is 81.4 Å². The maximum Gasteiger partial charge on any atom is 0.246 e. The second-order valence-corrected chi connectivity index (χ2v) is 8.27. The fourth-order valence-electron chi connectivity index (χ4n) is 3.75. The summed E-state index contributed by atoms with van der Waals surface area (Å²) in [5.74, 6) is 1.09. The van der Waals surface area contributed by atoms with Crippen molar-refractivity contribution in [3.05, 3.63) is 66.2 Å². The van der Waals surface area contributed by atoms with Crippen molar-refractivity contribution in [2.75, 3.05) is 32.1 Å². The molecule has 1 heterocycles. The minimum absolute atomic E-state index is 0.154. The van der Waals surface area contributed by atoms with E-state index in [1.807, 2.05) is 11.0 Å². The Kier molecular flexibility index (Phi) is 6.56. The lowest BCUT2D eigenvalue weighted by atomic mass is 9.87. The Bertz CT molecular complexity index is 830. The molecule has 148 valence electrons. The number of carbonyl (C=O) groups is 1. The van der Waals surface area contributed by atoms with E-state index < -0.39 is 0 Å². The zero-order valence-corrected chi connectivity index (χ0v) is 17.6. The van der Waals surface area contributed by atoms with Gasteiger partial charge in [0.1, 0.15) is 0 Å². The molecule has 0 spiro atoms. The molecule has 0 unspecified atom stereocenters. The number of piperidine rings is 1. The van der Waals surface area contributed by atoms with Gasteiger partial charge in [-0.2, -0.15) is 0 Å². The van der Waals surface area contributed by atoms with Gasteiger partial charge in [0.2, 0.25) is 5.91 Å². The number of likely N-dealkylation sites (tertiary alicyclic amines) is 1. The van der Waals surface area contributed by atoms with Crippen LogP contribution in [0.3, 0.4) is 0 Å². The van der Waals surface area contributed by atoms with E-state index in [1.165, 1.54) is 22.4 Å². The van der Waals surface area contributed by atoms with Crippen LogP contribution >= 0.6 is 0 Å². The highest BCUT2D eigenvalue weighted by molar-refractivity contribution is 5.87. The SMILES string of the molecule is CC(C)/C=C/C(=O)N1CCC(c2cccc(-c3cccc(N(C)C)c3)c2)CC1. The Morgan fingerprint density at radius 1 is 1.04 bits per heavy atom. The third kappa shape index (κ3) is 5.03. The lowest BCUT2D eigenvalue weighted by Gasteiger charge is -2.32. The minimum Gasteiger partial charge on any atom is -0.378 e. The molecule has 1 aliphatic heterocycles. The second-order valence-electron chi connectivity index (χ2n) is 8.27. The highest BCUT2D eigenvalue weighted by Crippen LogP contribution is 2.32. The second kappa shape index (κ2) is 9.09. The average molecular weight is 377 g/mol. The standard InChI is InChI=1S/C25H32N2O/c1-19(2)11-12-25(28)27-15-13-20(14-16-27)21-7-5-8-22(17-21)23-9-6-10-24(18-23)26(3)4/h5-12,17-20H,13-16H2,1-4H3/b12-11+. The van der Waals surface area contributed by atoms with Gasteiger partial charge in [0, 0.05) is 32.9 Å². The third-order valence-corrected chi connectivity index (χ3v) is 5.48. The normalized spacial score (nSPS) is 15.4. The molecule has 0 radical (unpaired) electrons. The fourth-order valence-corrected chi connectivity index (χ4v) is 3.75. The van der Waals surface area contributed by atoms with Crippen LogP contribution in [0.4, 0.5) is 5.69 Å². The largest absolute Gasteiger partial charge is 0.378 e. The van der Waals surface area contributed by atoms with Crippen molar-refractivity contribution in [3.63, 3.8) is 0 Å². The summed E-state index contributed by atoms with van der Waals surface area (Å²) in [5.41, 5.74) is 5.11.